The molecule has 3 heterocycles. The van der Waals surface area contributed by atoms with E-state index in [-0.39, 0.29) is 11.6 Å². The number of aromatic nitrogens is 2. The van der Waals surface area contributed by atoms with Crippen LogP contribution in [0, 0.1) is 6.92 Å². The molecule has 7 rings (SSSR count). The molecule has 1 aliphatic heterocycles. The number of para-hydroxylation sites is 2. The maximum Gasteiger partial charge on any atom is 0.252 e. The number of aryl methyl sites for hydroxylation is 1. The molecule has 1 saturated carbocycles. The van der Waals surface area contributed by atoms with Crippen LogP contribution in [0.1, 0.15) is 40.7 Å². The number of likely N-dealkylation sites (N-methyl/N-ethyl adjacent to an activating group) is 1. The molecule has 0 spiro atoms. The first-order chi connectivity index (χ1) is 19.4. The molecule has 1 aliphatic carbocycles. The van der Waals surface area contributed by atoms with Crippen LogP contribution in [0.5, 0.6) is 5.75 Å². The van der Waals surface area contributed by atoms with Crippen molar-refractivity contribution in [1.29, 1.82) is 0 Å². The molecule has 1 amide bonds. The Bertz CT molecular complexity index is 1730. The van der Waals surface area contributed by atoms with Gasteiger partial charge in [-0.05, 0) is 93.4 Å². The molecule has 2 aromatic heterocycles. The van der Waals surface area contributed by atoms with Crippen molar-refractivity contribution in [2.75, 3.05) is 13.6 Å². The number of ether oxygens (including phenoxy) is 1. The molecule has 2 fully saturated rings. The third kappa shape index (κ3) is 4.37. The number of nitrogens with one attached hydrogen (secondary N) is 1. The van der Waals surface area contributed by atoms with E-state index in [1.54, 1.807) is 6.20 Å². The lowest BCUT2D eigenvalue weighted by Crippen LogP contribution is -2.53. The number of carbonyl (C=O) groups excluding carboxylic acids is 1. The fourth-order valence-corrected chi connectivity index (χ4v) is 7.03. The molecule has 7 nitrogen and oxygen atoms in total. The van der Waals surface area contributed by atoms with E-state index < -0.39 is 5.54 Å². The van der Waals surface area contributed by atoms with E-state index in [0.29, 0.717) is 17.5 Å². The lowest BCUT2D eigenvalue weighted by Gasteiger charge is -2.41. The fraction of sp³-hybridized carbons (Fsp3) is 0.281. The van der Waals surface area contributed by atoms with Crippen molar-refractivity contribution in [1.82, 2.24) is 20.2 Å². The highest BCUT2D eigenvalue weighted by Crippen LogP contribution is 2.49. The molecule has 3 aromatic carbocycles. The predicted octanol–water partition coefficient (Wildman–Crippen LogP) is 4.54. The zero-order valence-electron chi connectivity index (χ0n) is 23.0. The van der Waals surface area contributed by atoms with Gasteiger partial charge in [-0.25, -0.2) is 4.98 Å². The van der Waals surface area contributed by atoms with Gasteiger partial charge in [0.05, 0.1) is 27.0 Å². The van der Waals surface area contributed by atoms with Crippen LogP contribution in [-0.2, 0) is 5.54 Å². The number of fused-ring (bicyclic) bond motifs is 2. The number of hydrogen-bond donors (Lipinski definition) is 1. The van der Waals surface area contributed by atoms with Crippen LogP contribution in [0.25, 0.3) is 33.5 Å². The van der Waals surface area contributed by atoms with E-state index in [9.17, 15) is 4.79 Å². The van der Waals surface area contributed by atoms with Crippen LogP contribution in [0.4, 0.5) is 0 Å². The number of pyridine rings is 1. The summed E-state index contributed by atoms with van der Waals surface area (Å²) < 4.78 is 12.4. The maximum absolute atomic E-state index is 13.8. The van der Waals surface area contributed by atoms with Gasteiger partial charge in [0.2, 0.25) is 5.89 Å². The second kappa shape index (κ2) is 9.57. The van der Waals surface area contributed by atoms with Crippen LogP contribution in [0.3, 0.4) is 0 Å². The Labute approximate surface area is 236 Å². The van der Waals surface area contributed by atoms with Gasteiger partial charge < -0.3 is 19.4 Å². The number of likely N-dealkylation sites (tertiary alicyclic amines) is 1. The Balaban J connectivity index is 1.21. The van der Waals surface area contributed by atoms with Gasteiger partial charge in [0.1, 0.15) is 11.3 Å². The third-order valence-electron chi connectivity index (χ3n) is 8.54. The first kappa shape index (κ1) is 25.0. The summed E-state index contributed by atoms with van der Waals surface area (Å²) in [4.78, 5) is 25.5. The number of oxazole rings is 1. The van der Waals surface area contributed by atoms with E-state index in [4.69, 9.17) is 14.1 Å². The summed E-state index contributed by atoms with van der Waals surface area (Å²) in [5.41, 5.74) is 5.60. The van der Waals surface area contributed by atoms with Crippen molar-refractivity contribution in [3.05, 3.63) is 89.6 Å². The number of hydrogen-bond acceptors (Lipinski definition) is 6. The van der Waals surface area contributed by atoms with Crippen molar-refractivity contribution in [2.24, 2.45) is 0 Å². The van der Waals surface area contributed by atoms with Crippen molar-refractivity contribution in [3.63, 3.8) is 0 Å². The lowest BCUT2D eigenvalue weighted by molar-refractivity contribution is 0.0562. The monoisotopic (exact) mass is 548 g/mol. The summed E-state index contributed by atoms with van der Waals surface area (Å²) in [6, 6.07) is 22.2. The Morgan fingerprint density at radius 2 is 1.98 bits per heavy atom. The van der Waals surface area contributed by atoms with Gasteiger partial charge in [0.25, 0.3) is 5.91 Å². The molecule has 2 aliphatic rings. The average molecular weight is 549 g/mol. The Morgan fingerprint density at radius 1 is 1.12 bits per heavy atom. The summed E-state index contributed by atoms with van der Waals surface area (Å²) >= 11 is 0. The topological polar surface area (TPSA) is 80.5 Å². The molecule has 1 unspecified atom stereocenters. The van der Waals surface area contributed by atoms with E-state index in [1.807, 2.05) is 61.5 Å². The van der Waals surface area contributed by atoms with Crippen molar-refractivity contribution >= 4 is 38.2 Å². The SMILES string of the molecule is Cc1ccc(OC([SiH3])[C@@H]2CCN2C)cc1C(=O)NC1(c2cc(-c3nc4ccccc4o3)cc3ncccc23)CC1. The van der Waals surface area contributed by atoms with Gasteiger partial charge in [-0.1, -0.05) is 24.3 Å². The molecule has 1 N–H and O–H groups in total. The number of nitrogens with zero attached hydrogens (tertiary/aromatic N) is 3. The van der Waals surface area contributed by atoms with Gasteiger partial charge in [-0.2, -0.15) is 0 Å². The average Bonchev–Trinajstić information content (AvgIpc) is 3.59. The van der Waals surface area contributed by atoms with Crippen molar-refractivity contribution in [2.45, 2.75) is 43.5 Å². The van der Waals surface area contributed by atoms with E-state index in [0.717, 1.165) is 80.5 Å². The van der Waals surface area contributed by atoms with Crippen molar-refractivity contribution < 1.29 is 13.9 Å². The largest absolute Gasteiger partial charge is 0.494 e. The summed E-state index contributed by atoms with van der Waals surface area (Å²) in [7, 11) is 3.07. The molecule has 5 aromatic rings. The van der Waals surface area contributed by atoms with Gasteiger partial charge in [-0.3, -0.25) is 9.78 Å². The first-order valence-electron chi connectivity index (χ1n) is 14.0. The smallest absolute Gasteiger partial charge is 0.252 e. The summed E-state index contributed by atoms with van der Waals surface area (Å²) in [5, 5.41) is 4.42. The van der Waals surface area contributed by atoms with Gasteiger partial charge >= 0.3 is 0 Å². The molecular weight excluding hydrogens is 516 g/mol. The van der Waals surface area contributed by atoms with Crippen molar-refractivity contribution in [3.8, 4) is 17.2 Å². The Morgan fingerprint density at radius 3 is 2.73 bits per heavy atom. The zero-order valence-corrected chi connectivity index (χ0v) is 25.0. The Kier molecular flexibility index (Phi) is 5.98. The normalized spacial score (nSPS) is 18.9. The molecule has 0 bridgehead atoms. The Hall–Kier alpha value is -4.01. The molecule has 40 heavy (non-hydrogen) atoms. The van der Waals surface area contributed by atoms with Crippen LogP contribution < -0.4 is 10.1 Å². The summed E-state index contributed by atoms with van der Waals surface area (Å²) in [6.07, 6.45) is 4.66. The second-order valence-corrected chi connectivity index (χ2v) is 12.4. The third-order valence-corrected chi connectivity index (χ3v) is 9.55. The van der Waals surface area contributed by atoms with E-state index in [1.165, 1.54) is 0 Å². The predicted molar refractivity (Wildman–Crippen MR) is 160 cm³/mol. The minimum absolute atomic E-state index is 0.0876. The molecule has 8 heteroatoms. The van der Waals surface area contributed by atoms with Crippen LogP contribution >= 0.6 is 0 Å². The van der Waals surface area contributed by atoms with Crippen LogP contribution in [0.2, 0.25) is 0 Å². The highest BCUT2D eigenvalue weighted by molar-refractivity contribution is 6.11. The number of rotatable bonds is 7. The minimum atomic E-state index is -0.474. The summed E-state index contributed by atoms with van der Waals surface area (Å²) in [5.74, 6) is 1.22. The zero-order chi connectivity index (χ0) is 27.4. The second-order valence-electron chi connectivity index (χ2n) is 11.3. The highest BCUT2D eigenvalue weighted by atomic mass is 28.1. The quantitative estimate of drug-likeness (QED) is 0.301. The standard InChI is InChI=1S/C32H32N4O3Si/c1-19-9-10-21(38-31(40)27-11-15-36(27)2)18-23(19)29(37)35-32(12-13-32)24-16-20(17-26-22(24)6-5-14-33-26)30-34-25-7-3-4-8-28(25)39-30/h3-10,14,16-18,27,31H,11-13,15H2,1-2,40H3,(H,35,37)/t27-,31?/m0/s1. The molecular formula is C32H32N4O3Si. The molecule has 202 valence electrons. The van der Waals surface area contributed by atoms with E-state index >= 15 is 0 Å². The summed E-state index contributed by atoms with van der Waals surface area (Å²) in [6.45, 7) is 3.09. The lowest BCUT2D eigenvalue weighted by atomic mass is 9.95. The first-order valence-corrected chi connectivity index (χ1v) is 15.1. The molecule has 1 saturated heterocycles. The van der Waals surface area contributed by atoms with Gasteiger partial charge in [0.15, 0.2) is 5.58 Å². The number of carbonyl (C=O) groups is 1. The van der Waals surface area contributed by atoms with Gasteiger partial charge in [-0.15, -0.1) is 0 Å². The minimum Gasteiger partial charge on any atom is -0.494 e. The highest BCUT2D eigenvalue weighted by Gasteiger charge is 2.47. The maximum atomic E-state index is 13.8. The fourth-order valence-electron chi connectivity index (χ4n) is 5.91. The number of amides is 1. The molecule has 2 atom stereocenters. The van der Waals surface area contributed by atoms with Gasteiger partial charge in [0, 0.05) is 28.8 Å². The molecule has 0 radical (unpaired) electrons. The van der Waals surface area contributed by atoms with Crippen LogP contribution in [0.15, 0.2) is 77.3 Å². The van der Waals surface area contributed by atoms with Crippen LogP contribution in [-0.4, -0.2) is 56.4 Å². The number of benzene rings is 3. The van der Waals surface area contributed by atoms with E-state index in [2.05, 4.69) is 34.4 Å².